The molecule has 0 aliphatic heterocycles. The molecule has 0 aromatic carbocycles. The summed E-state index contributed by atoms with van der Waals surface area (Å²) in [5.74, 6) is 0.305. The molecule has 0 atom stereocenters. The number of aromatic nitrogens is 2. The van der Waals surface area contributed by atoms with Crippen LogP contribution in [-0.2, 0) is 0 Å². The van der Waals surface area contributed by atoms with Crippen LogP contribution < -0.4 is 11.2 Å². The third-order valence-corrected chi connectivity index (χ3v) is 1.39. The molecule has 1 heterocycles. The highest BCUT2D eigenvalue weighted by atomic mass is 16.5. The van der Waals surface area contributed by atoms with Crippen LogP contribution in [0.4, 0.5) is 5.82 Å². The van der Waals surface area contributed by atoms with E-state index in [2.05, 4.69) is 10.1 Å². The minimum Gasteiger partial charge on any atom is -0.410 e. The second-order valence-electron chi connectivity index (χ2n) is 2.18. The molecule has 0 spiro atoms. The van der Waals surface area contributed by atoms with Gasteiger partial charge in [-0.25, -0.2) is 0 Å². The molecule has 0 amide bonds. The van der Waals surface area contributed by atoms with Crippen molar-refractivity contribution in [2.45, 2.75) is 6.92 Å². The largest absolute Gasteiger partial charge is 0.410 e. The number of anilines is 1. The van der Waals surface area contributed by atoms with E-state index >= 15 is 0 Å². The lowest BCUT2D eigenvalue weighted by atomic mass is 10.3. The minimum absolute atomic E-state index is 0.305. The lowest BCUT2D eigenvalue weighted by Crippen LogP contribution is -2.22. The van der Waals surface area contributed by atoms with Gasteiger partial charge in [0.05, 0.1) is 0 Å². The quantitative estimate of drug-likeness (QED) is 0.496. The number of nitrogens with two attached hydrogens (primary N) is 1. The zero-order chi connectivity index (χ0) is 8.43. The van der Waals surface area contributed by atoms with Crippen molar-refractivity contribution in [1.29, 1.82) is 0 Å². The molecule has 0 radical (unpaired) electrons. The first-order chi connectivity index (χ1) is 5.15. The van der Waals surface area contributed by atoms with Crippen molar-refractivity contribution in [3.8, 4) is 0 Å². The van der Waals surface area contributed by atoms with Crippen molar-refractivity contribution >= 4 is 5.82 Å². The van der Waals surface area contributed by atoms with E-state index in [1.165, 1.54) is 0 Å². The van der Waals surface area contributed by atoms with E-state index in [0.717, 1.165) is 5.56 Å². The Morgan fingerprint density at radius 3 is 2.91 bits per heavy atom. The summed E-state index contributed by atoms with van der Waals surface area (Å²) in [6.45, 7) is 1.80. The number of hydrogen-bond acceptors (Lipinski definition) is 4. The van der Waals surface area contributed by atoms with Crippen LogP contribution in [0.5, 0.6) is 0 Å². The van der Waals surface area contributed by atoms with Gasteiger partial charge in [-0.15, -0.1) is 5.10 Å². The molecule has 3 N–H and O–H groups in total. The highest BCUT2D eigenvalue weighted by Gasteiger charge is 1.96. The zero-order valence-corrected chi connectivity index (χ0v) is 6.44. The summed E-state index contributed by atoms with van der Waals surface area (Å²) >= 11 is 0. The van der Waals surface area contributed by atoms with Crippen LogP contribution in [0.3, 0.4) is 0 Å². The van der Waals surface area contributed by atoms with Gasteiger partial charge in [0, 0.05) is 7.05 Å². The van der Waals surface area contributed by atoms with Gasteiger partial charge in [-0.2, -0.15) is 0 Å². The van der Waals surface area contributed by atoms with Gasteiger partial charge in [-0.1, -0.05) is 4.85 Å². The first-order valence-electron chi connectivity index (χ1n) is 3.13. The molecule has 0 bridgehead atoms. The molecule has 5 nitrogen and oxygen atoms in total. The average Bonchev–Trinajstić information content (AvgIpc) is 1.97. The van der Waals surface area contributed by atoms with Gasteiger partial charge in [0.15, 0.2) is 11.3 Å². The maximum absolute atomic E-state index is 9.05. The lowest BCUT2D eigenvalue weighted by Gasteiger charge is -2.00. The predicted molar refractivity (Wildman–Crippen MR) is 40.0 cm³/mol. The molecule has 5 heteroatoms. The van der Waals surface area contributed by atoms with E-state index in [1.807, 2.05) is 0 Å². The SMILES string of the molecule is CN=c1cc(C)c(N)nn1O. The number of nitrogen functional groups attached to an aromatic ring is 1. The summed E-state index contributed by atoms with van der Waals surface area (Å²) in [4.78, 5) is 4.42. The number of aryl methyl sites for hydroxylation is 1. The van der Waals surface area contributed by atoms with Crippen molar-refractivity contribution < 1.29 is 5.21 Å². The van der Waals surface area contributed by atoms with E-state index in [1.54, 1.807) is 20.0 Å². The second kappa shape index (κ2) is 2.61. The van der Waals surface area contributed by atoms with Crippen molar-refractivity contribution in [3.63, 3.8) is 0 Å². The molecule has 1 rings (SSSR count). The molecule has 11 heavy (non-hydrogen) atoms. The van der Waals surface area contributed by atoms with E-state index in [4.69, 9.17) is 10.9 Å². The summed E-state index contributed by atoms with van der Waals surface area (Å²) in [6, 6.07) is 1.66. The summed E-state index contributed by atoms with van der Waals surface area (Å²) in [6.07, 6.45) is 0. The molecular formula is C6H10N4O. The number of nitrogens with zero attached hydrogens (tertiary/aromatic N) is 3. The fourth-order valence-electron chi connectivity index (χ4n) is 0.711. The summed E-state index contributed by atoms with van der Waals surface area (Å²) in [5.41, 5.74) is 6.60. The summed E-state index contributed by atoms with van der Waals surface area (Å²) < 4.78 is 0. The van der Waals surface area contributed by atoms with Gasteiger partial charge in [0.2, 0.25) is 0 Å². The van der Waals surface area contributed by atoms with Crippen molar-refractivity contribution in [1.82, 2.24) is 9.94 Å². The van der Waals surface area contributed by atoms with Gasteiger partial charge in [-0.05, 0) is 18.6 Å². The Hall–Kier alpha value is -1.52. The Labute approximate surface area is 63.8 Å². The van der Waals surface area contributed by atoms with E-state index in [-0.39, 0.29) is 0 Å². The van der Waals surface area contributed by atoms with Crippen LogP contribution in [0.1, 0.15) is 5.56 Å². The van der Waals surface area contributed by atoms with Crippen molar-refractivity contribution in [3.05, 3.63) is 17.1 Å². The van der Waals surface area contributed by atoms with Gasteiger partial charge in [0.25, 0.3) is 0 Å². The van der Waals surface area contributed by atoms with Crippen LogP contribution in [0.25, 0.3) is 0 Å². The third kappa shape index (κ3) is 1.31. The highest BCUT2D eigenvalue weighted by molar-refractivity contribution is 5.34. The standard InChI is InChI=1S/C6H10N4O/c1-4-3-5(8-2)10(11)9-6(4)7/h3,11H,1-2H3,(H2,7,9). The monoisotopic (exact) mass is 154 g/mol. The van der Waals surface area contributed by atoms with Crippen LogP contribution in [-0.4, -0.2) is 22.2 Å². The maximum atomic E-state index is 9.05. The Bertz CT molecular complexity index is 328. The van der Waals surface area contributed by atoms with E-state index < -0.39 is 0 Å². The number of hydrogen-bond donors (Lipinski definition) is 2. The minimum atomic E-state index is 0.305. The Balaban J connectivity index is 3.45. The Morgan fingerprint density at radius 1 is 1.73 bits per heavy atom. The molecule has 0 aliphatic rings. The molecule has 1 aromatic heterocycles. The van der Waals surface area contributed by atoms with Gasteiger partial charge in [0.1, 0.15) is 0 Å². The van der Waals surface area contributed by atoms with Gasteiger partial charge in [-0.3, -0.25) is 4.99 Å². The fourth-order valence-corrected chi connectivity index (χ4v) is 0.711. The van der Waals surface area contributed by atoms with E-state index in [9.17, 15) is 0 Å². The molecule has 0 saturated heterocycles. The highest BCUT2D eigenvalue weighted by Crippen LogP contribution is 1.99. The van der Waals surface area contributed by atoms with E-state index in [0.29, 0.717) is 16.2 Å². The normalized spacial score (nSPS) is 12.0. The van der Waals surface area contributed by atoms with Crippen molar-refractivity contribution in [2.75, 3.05) is 12.8 Å². The molecule has 60 valence electrons. The second-order valence-corrected chi connectivity index (χ2v) is 2.18. The van der Waals surface area contributed by atoms with Crippen LogP contribution in [0, 0.1) is 6.92 Å². The molecule has 1 aromatic rings. The summed E-state index contributed by atoms with van der Waals surface area (Å²) in [5, 5.41) is 12.6. The predicted octanol–water partition coefficient (Wildman–Crippen LogP) is -0.458. The molecule has 0 fully saturated rings. The molecule has 0 aliphatic carbocycles. The first kappa shape index (κ1) is 7.59. The zero-order valence-electron chi connectivity index (χ0n) is 6.44. The van der Waals surface area contributed by atoms with Crippen LogP contribution in [0.2, 0.25) is 0 Å². The van der Waals surface area contributed by atoms with Gasteiger partial charge >= 0.3 is 0 Å². The molecule has 0 saturated carbocycles. The maximum Gasteiger partial charge on any atom is 0.185 e. The average molecular weight is 154 g/mol. The lowest BCUT2D eigenvalue weighted by molar-refractivity contribution is 0.132. The molecular weight excluding hydrogens is 144 g/mol. The fraction of sp³-hybridized carbons (Fsp3) is 0.333. The van der Waals surface area contributed by atoms with Crippen LogP contribution >= 0.6 is 0 Å². The first-order valence-corrected chi connectivity index (χ1v) is 3.13. The molecule has 0 unspecified atom stereocenters. The number of rotatable bonds is 0. The van der Waals surface area contributed by atoms with Gasteiger partial charge < -0.3 is 10.9 Å². The smallest absolute Gasteiger partial charge is 0.185 e. The van der Waals surface area contributed by atoms with Crippen LogP contribution in [0.15, 0.2) is 11.1 Å². The Kier molecular flexibility index (Phi) is 1.80. The topological polar surface area (TPSA) is 76.4 Å². The van der Waals surface area contributed by atoms with Crippen molar-refractivity contribution in [2.24, 2.45) is 4.99 Å². The summed E-state index contributed by atoms with van der Waals surface area (Å²) in [7, 11) is 1.57. The Morgan fingerprint density at radius 2 is 2.36 bits per heavy atom. The third-order valence-electron chi connectivity index (χ3n) is 1.39.